The molecule has 0 aliphatic rings. The minimum atomic E-state index is -1.18. The van der Waals surface area contributed by atoms with Crippen LogP contribution in [0.3, 0.4) is 0 Å². The van der Waals surface area contributed by atoms with Crippen molar-refractivity contribution in [2.24, 2.45) is 0 Å². The Bertz CT molecular complexity index is 596. The van der Waals surface area contributed by atoms with E-state index in [1.165, 1.54) is 24.5 Å². The van der Waals surface area contributed by atoms with Gasteiger partial charge in [0.05, 0.1) is 6.04 Å². The van der Waals surface area contributed by atoms with E-state index in [1.807, 2.05) is 0 Å². The third kappa shape index (κ3) is 2.92. The van der Waals surface area contributed by atoms with Crippen molar-refractivity contribution < 1.29 is 14.7 Å². The van der Waals surface area contributed by atoms with E-state index < -0.39 is 11.9 Å². The van der Waals surface area contributed by atoms with Crippen LogP contribution in [0, 0.1) is 0 Å². The number of aromatic amines is 1. The monoisotopic (exact) mass is 261 g/mol. The molecule has 8 heteroatoms. The molecule has 0 aromatic carbocycles. The van der Waals surface area contributed by atoms with Crippen molar-refractivity contribution in [2.75, 3.05) is 0 Å². The van der Waals surface area contributed by atoms with E-state index in [1.54, 1.807) is 6.92 Å². The number of aromatic nitrogens is 4. The summed E-state index contributed by atoms with van der Waals surface area (Å²) in [6.45, 7) is 1.72. The number of nitrogens with zero attached hydrogens (tertiary/aromatic N) is 3. The first-order chi connectivity index (χ1) is 9.08. The highest BCUT2D eigenvalue weighted by Crippen LogP contribution is 2.06. The molecule has 0 bridgehead atoms. The topological polar surface area (TPSA) is 121 Å². The summed E-state index contributed by atoms with van der Waals surface area (Å²) < 4.78 is 0. The van der Waals surface area contributed by atoms with Gasteiger partial charge < -0.3 is 10.4 Å². The van der Waals surface area contributed by atoms with Crippen LogP contribution in [0.25, 0.3) is 0 Å². The van der Waals surface area contributed by atoms with Crippen LogP contribution in [0.4, 0.5) is 0 Å². The number of amides is 1. The molecule has 1 amide bonds. The van der Waals surface area contributed by atoms with E-state index in [4.69, 9.17) is 5.11 Å². The standard InChI is InChI=1S/C11H11N5O3/c1-6(9-12-5-13-16-9)14-10(17)7-3-2-4-8(15-7)11(18)19/h2-6H,1H3,(H,14,17)(H,18,19)(H,12,13,16). The lowest BCUT2D eigenvalue weighted by Gasteiger charge is -2.10. The van der Waals surface area contributed by atoms with Crippen LogP contribution in [-0.4, -0.2) is 37.1 Å². The molecular weight excluding hydrogens is 250 g/mol. The molecule has 0 aliphatic heterocycles. The van der Waals surface area contributed by atoms with Crippen LogP contribution in [0.1, 0.15) is 39.8 Å². The SMILES string of the molecule is CC(NC(=O)c1cccc(C(=O)O)n1)c1ncn[nH]1. The molecule has 0 radical (unpaired) electrons. The number of hydrogen-bond acceptors (Lipinski definition) is 5. The highest BCUT2D eigenvalue weighted by atomic mass is 16.4. The zero-order valence-corrected chi connectivity index (χ0v) is 9.99. The lowest BCUT2D eigenvalue weighted by atomic mass is 10.2. The molecule has 0 saturated carbocycles. The molecule has 3 N–H and O–H groups in total. The predicted molar refractivity (Wildman–Crippen MR) is 63.5 cm³/mol. The fourth-order valence-electron chi connectivity index (χ4n) is 1.44. The number of carboxylic acids is 1. The number of aromatic carboxylic acids is 1. The van der Waals surface area contributed by atoms with Gasteiger partial charge in [0.1, 0.15) is 23.5 Å². The van der Waals surface area contributed by atoms with Gasteiger partial charge in [-0.1, -0.05) is 6.07 Å². The van der Waals surface area contributed by atoms with Gasteiger partial charge in [-0.3, -0.25) is 9.89 Å². The van der Waals surface area contributed by atoms with E-state index in [0.29, 0.717) is 5.82 Å². The van der Waals surface area contributed by atoms with Gasteiger partial charge in [-0.2, -0.15) is 5.10 Å². The minimum Gasteiger partial charge on any atom is -0.477 e. The number of carboxylic acid groups (broad SMARTS) is 1. The van der Waals surface area contributed by atoms with E-state index >= 15 is 0 Å². The Morgan fingerprint density at radius 1 is 1.37 bits per heavy atom. The molecule has 2 heterocycles. The second kappa shape index (κ2) is 5.25. The highest BCUT2D eigenvalue weighted by Gasteiger charge is 2.15. The molecule has 2 rings (SSSR count). The summed E-state index contributed by atoms with van der Waals surface area (Å²) in [6, 6.07) is 3.84. The van der Waals surface area contributed by atoms with Gasteiger partial charge in [0.25, 0.3) is 5.91 Å². The van der Waals surface area contributed by atoms with Gasteiger partial charge >= 0.3 is 5.97 Å². The van der Waals surface area contributed by atoms with E-state index in [0.717, 1.165) is 0 Å². The maximum atomic E-state index is 11.9. The largest absolute Gasteiger partial charge is 0.477 e. The van der Waals surface area contributed by atoms with Crippen LogP contribution in [0.5, 0.6) is 0 Å². The summed E-state index contributed by atoms with van der Waals surface area (Å²) >= 11 is 0. The maximum Gasteiger partial charge on any atom is 0.354 e. The molecule has 8 nitrogen and oxygen atoms in total. The van der Waals surface area contributed by atoms with Gasteiger partial charge in [0.15, 0.2) is 0 Å². The fraction of sp³-hybridized carbons (Fsp3) is 0.182. The Hall–Kier alpha value is -2.77. The van der Waals surface area contributed by atoms with Crippen LogP contribution in [0.15, 0.2) is 24.5 Å². The number of carbonyl (C=O) groups is 2. The van der Waals surface area contributed by atoms with Crippen molar-refractivity contribution in [1.82, 2.24) is 25.5 Å². The molecule has 0 saturated heterocycles. The molecular formula is C11H11N5O3. The van der Waals surface area contributed by atoms with Crippen LogP contribution >= 0.6 is 0 Å². The Labute approximate surface area is 107 Å². The normalized spacial score (nSPS) is 11.8. The molecule has 1 atom stereocenters. The number of nitrogens with one attached hydrogen (secondary N) is 2. The summed E-state index contributed by atoms with van der Waals surface area (Å²) in [5.74, 6) is -1.16. The molecule has 2 aromatic rings. The Balaban J connectivity index is 2.12. The van der Waals surface area contributed by atoms with E-state index in [9.17, 15) is 9.59 Å². The lowest BCUT2D eigenvalue weighted by Crippen LogP contribution is -2.28. The number of pyridine rings is 1. The Morgan fingerprint density at radius 2 is 2.11 bits per heavy atom. The van der Waals surface area contributed by atoms with Crippen LogP contribution in [-0.2, 0) is 0 Å². The number of carbonyl (C=O) groups excluding carboxylic acids is 1. The maximum absolute atomic E-state index is 11.9. The van der Waals surface area contributed by atoms with Crippen molar-refractivity contribution in [3.05, 3.63) is 41.7 Å². The third-order valence-electron chi connectivity index (χ3n) is 2.39. The first-order valence-electron chi connectivity index (χ1n) is 5.44. The number of hydrogen-bond donors (Lipinski definition) is 3. The Kier molecular flexibility index (Phi) is 3.51. The average molecular weight is 261 g/mol. The molecule has 0 fully saturated rings. The molecule has 0 aliphatic carbocycles. The van der Waals surface area contributed by atoms with Gasteiger partial charge in [0.2, 0.25) is 0 Å². The van der Waals surface area contributed by atoms with Crippen LogP contribution < -0.4 is 5.32 Å². The summed E-state index contributed by atoms with van der Waals surface area (Å²) in [5, 5.41) is 17.8. The smallest absolute Gasteiger partial charge is 0.354 e. The van der Waals surface area contributed by atoms with Gasteiger partial charge in [-0.05, 0) is 19.1 Å². The predicted octanol–water partition coefficient (Wildman–Crippen LogP) is 0.389. The zero-order chi connectivity index (χ0) is 13.8. The molecule has 2 aromatic heterocycles. The van der Waals surface area contributed by atoms with Gasteiger partial charge in [-0.15, -0.1) is 0 Å². The average Bonchev–Trinajstić information content (AvgIpc) is 2.92. The second-order valence-corrected chi connectivity index (χ2v) is 3.78. The minimum absolute atomic E-state index is 0.0336. The number of H-pyrrole nitrogens is 1. The first-order valence-corrected chi connectivity index (χ1v) is 5.44. The van der Waals surface area contributed by atoms with Gasteiger partial charge in [-0.25, -0.2) is 14.8 Å². The third-order valence-corrected chi connectivity index (χ3v) is 2.39. The summed E-state index contributed by atoms with van der Waals surface area (Å²) in [7, 11) is 0. The summed E-state index contributed by atoms with van der Waals surface area (Å²) in [4.78, 5) is 30.3. The summed E-state index contributed by atoms with van der Waals surface area (Å²) in [5.41, 5.74) is -0.147. The molecule has 98 valence electrons. The van der Waals surface area contributed by atoms with Crippen molar-refractivity contribution in [3.63, 3.8) is 0 Å². The van der Waals surface area contributed by atoms with E-state index in [-0.39, 0.29) is 17.4 Å². The Morgan fingerprint density at radius 3 is 2.74 bits per heavy atom. The van der Waals surface area contributed by atoms with E-state index in [2.05, 4.69) is 25.5 Å². The van der Waals surface area contributed by atoms with Crippen LogP contribution in [0.2, 0.25) is 0 Å². The zero-order valence-electron chi connectivity index (χ0n) is 9.99. The molecule has 1 unspecified atom stereocenters. The van der Waals surface area contributed by atoms with Gasteiger partial charge in [0, 0.05) is 0 Å². The highest BCUT2D eigenvalue weighted by molar-refractivity contribution is 5.94. The van der Waals surface area contributed by atoms with Crippen molar-refractivity contribution in [3.8, 4) is 0 Å². The van der Waals surface area contributed by atoms with Crippen molar-refractivity contribution >= 4 is 11.9 Å². The second-order valence-electron chi connectivity index (χ2n) is 3.78. The quantitative estimate of drug-likeness (QED) is 0.732. The van der Waals surface area contributed by atoms with Crippen molar-refractivity contribution in [1.29, 1.82) is 0 Å². The summed E-state index contributed by atoms with van der Waals surface area (Å²) in [6.07, 6.45) is 1.33. The fourth-order valence-corrected chi connectivity index (χ4v) is 1.44. The molecule has 0 spiro atoms. The molecule has 19 heavy (non-hydrogen) atoms. The number of rotatable bonds is 4. The van der Waals surface area contributed by atoms with Crippen molar-refractivity contribution in [2.45, 2.75) is 13.0 Å². The first kappa shape index (κ1) is 12.7. The lowest BCUT2D eigenvalue weighted by molar-refractivity contribution is 0.0690.